The van der Waals surface area contributed by atoms with E-state index in [-0.39, 0.29) is 11.7 Å². The number of nitrogens with one attached hydrogen (secondary N) is 1. The maximum Gasteiger partial charge on any atom is 0.220 e. The van der Waals surface area contributed by atoms with Gasteiger partial charge in [-0.05, 0) is 80.7 Å². The Kier molecular flexibility index (Phi) is 11.2. The molecular formula is C29H40N2O6. The fourth-order valence-electron chi connectivity index (χ4n) is 4.68. The fourth-order valence-corrected chi connectivity index (χ4v) is 4.68. The zero-order chi connectivity index (χ0) is 26.6. The van der Waals surface area contributed by atoms with Crippen molar-refractivity contribution in [2.24, 2.45) is 0 Å². The summed E-state index contributed by atoms with van der Waals surface area (Å²) in [5.74, 6) is 1.85. The number of ketones is 1. The molecule has 2 unspecified atom stereocenters. The lowest BCUT2D eigenvalue weighted by molar-refractivity contribution is -0.123. The molecule has 0 saturated carbocycles. The van der Waals surface area contributed by atoms with Crippen molar-refractivity contribution in [2.75, 3.05) is 41.0 Å². The van der Waals surface area contributed by atoms with Gasteiger partial charge in [-0.1, -0.05) is 12.5 Å². The molecule has 1 saturated heterocycles. The summed E-state index contributed by atoms with van der Waals surface area (Å²) in [6.07, 6.45) is 4.37. The van der Waals surface area contributed by atoms with E-state index in [9.17, 15) is 14.7 Å². The molecule has 2 atom stereocenters. The summed E-state index contributed by atoms with van der Waals surface area (Å²) in [5.41, 5.74) is 1.34. The number of methoxy groups -OCH3 is 3. The summed E-state index contributed by atoms with van der Waals surface area (Å²) in [4.78, 5) is 27.5. The van der Waals surface area contributed by atoms with E-state index >= 15 is 0 Å². The summed E-state index contributed by atoms with van der Waals surface area (Å²) in [7, 11) is 4.72. The molecule has 0 aliphatic carbocycles. The summed E-state index contributed by atoms with van der Waals surface area (Å²) < 4.78 is 15.8. The number of amides is 1. The second-order valence-electron chi connectivity index (χ2n) is 9.45. The molecule has 1 amide bonds. The lowest BCUT2D eigenvalue weighted by atomic mass is 10.0. The van der Waals surface area contributed by atoms with Crippen molar-refractivity contribution in [3.05, 3.63) is 53.6 Å². The number of carbonyl (C=O) groups is 2. The molecular weight excluding hydrogens is 472 g/mol. The first-order chi connectivity index (χ1) is 17.9. The number of likely N-dealkylation sites (tertiary alicyclic amines) is 1. The first kappa shape index (κ1) is 28.5. The Balaban J connectivity index is 1.50. The monoisotopic (exact) mass is 512 g/mol. The SMILES string of the molecule is COc1ccc(C(=O)CCCCCC(=O)NC(CN2CCCC2)C(O)c2ccc(OC)c(OC)c2)cc1. The summed E-state index contributed by atoms with van der Waals surface area (Å²) in [6, 6.07) is 12.0. The van der Waals surface area contributed by atoms with E-state index in [1.165, 1.54) is 0 Å². The molecule has 1 aliphatic rings. The van der Waals surface area contributed by atoms with Crippen LogP contribution < -0.4 is 19.5 Å². The minimum atomic E-state index is -0.883. The third-order valence-corrected chi connectivity index (χ3v) is 6.85. The van der Waals surface area contributed by atoms with Crippen molar-refractivity contribution in [1.29, 1.82) is 0 Å². The average Bonchev–Trinajstić information content (AvgIpc) is 3.44. The maximum atomic E-state index is 12.8. The number of Topliss-reactive ketones (excluding diaryl/α,β-unsaturated/α-hetero) is 1. The van der Waals surface area contributed by atoms with Crippen molar-refractivity contribution in [1.82, 2.24) is 10.2 Å². The molecule has 2 aromatic rings. The Labute approximate surface area is 219 Å². The van der Waals surface area contributed by atoms with Gasteiger partial charge in [-0.2, -0.15) is 0 Å². The van der Waals surface area contributed by atoms with E-state index < -0.39 is 12.1 Å². The van der Waals surface area contributed by atoms with Gasteiger partial charge in [0.05, 0.1) is 27.4 Å². The number of benzene rings is 2. The summed E-state index contributed by atoms with van der Waals surface area (Å²) in [6.45, 7) is 2.51. The van der Waals surface area contributed by atoms with E-state index in [0.29, 0.717) is 48.4 Å². The first-order valence-electron chi connectivity index (χ1n) is 13.0. The third-order valence-electron chi connectivity index (χ3n) is 6.85. The van der Waals surface area contributed by atoms with Gasteiger partial charge in [0.2, 0.25) is 5.91 Å². The van der Waals surface area contributed by atoms with Crippen molar-refractivity contribution in [3.8, 4) is 17.2 Å². The van der Waals surface area contributed by atoms with Crippen LogP contribution in [0.1, 0.15) is 67.0 Å². The Morgan fingerprint density at radius 2 is 1.57 bits per heavy atom. The van der Waals surface area contributed by atoms with Gasteiger partial charge in [0, 0.05) is 24.9 Å². The molecule has 3 rings (SSSR count). The van der Waals surface area contributed by atoms with E-state index in [0.717, 1.165) is 44.5 Å². The van der Waals surface area contributed by atoms with E-state index in [2.05, 4.69) is 10.2 Å². The number of aliphatic hydroxyl groups is 1. The van der Waals surface area contributed by atoms with Crippen LogP contribution in [0.5, 0.6) is 17.2 Å². The molecule has 0 spiro atoms. The fraction of sp³-hybridized carbons (Fsp3) is 0.517. The Morgan fingerprint density at radius 1 is 0.892 bits per heavy atom. The average molecular weight is 513 g/mol. The number of rotatable bonds is 15. The smallest absolute Gasteiger partial charge is 0.220 e. The predicted octanol–water partition coefficient (Wildman–Crippen LogP) is 4.16. The van der Waals surface area contributed by atoms with Crippen LogP contribution in [0, 0.1) is 0 Å². The van der Waals surface area contributed by atoms with Gasteiger partial charge in [-0.3, -0.25) is 9.59 Å². The number of hydrogen-bond acceptors (Lipinski definition) is 7. The molecule has 37 heavy (non-hydrogen) atoms. The topological polar surface area (TPSA) is 97.3 Å². The molecule has 0 bridgehead atoms. The highest BCUT2D eigenvalue weighted by Gasteiger charge is 2.27. The van der Waals surface area contributed by atoms with E-state index in [4.69, 9.17) is 14.2 Å². The normalized spacial score (nSPS) is 15.1. The molecule has 0 aromatic heterocycles. The summed E-state index contributed by atoms with van der Waals surface area (Å²) in [5, 5.41) is 14.3. The number of carbonyl (C=O) groups excluding carboxylic acids is 2. The highest BCUT2D eigenvalue weighted by atomic mass is 16.5. The minimum Gasteiger partial charge on any atom is -0.497 e. The lowest BCUT2D eigenvalue weighted by Gasteiger charge is -2.29. The van der Waals surface area contributed by atoms with Crippen LogP contribution in [0.3, 0.4) is 0 Å². The van der Waals surface area contributed by atoms with Crippen molar-refractivity contribution in [2.45, 2.75) is 57.1 Å². The van der Waals surface area contributed by atoms with E-state index in [1.807, 2.05) is 0 Å². The second kappa shape index (κ2) is 14.6. The number of nitrogens with zero attached hydrogens (tertiary/aromatic N) is 1. The van der Waals surface area contributed by atoms with Crippen LogP contribution in [-0.2, 0) is 4.79 Å². The predicted molar refractivity (Wildman–Crippen MR) is 143 cm³/mol. The van der Waals surface area contributed by atoms with Crippen LogP contribution in [0.25, 0.3) is 0 Å². The molecule has 1 heterocycles. The van der Waals surface area contributed by atoms with Gasteiger partial charge < -0.3 is 29.5 Å². The van der Waals surface area contributed by atoms with Gasteiger partial charge >= 0.3 is 0 Å². The maximum absolute atomic E-state index is 12.8. The minimum absolute atomic E-state index is 0.0924. The van der Waals surface area contributed by atoms with Crippen molar-refractivity contribution < 1.29 is 28.9 Å². The van der Waals surface area contributed by atoms with Crippen LogP contribution >= 0.6 is 0 Å². The van der Waals surface area contributed by atoms with Gasteiger partial charge in [0.15, 0.2) is 17.3 Å². The number of hydrogen-bond donors (Lipinski definition) is 2. The molecule has 1 fully saturated rings. The zero-order valence-electron chi connectivity index (χ0n) is 22.2. The van der Waals surface area contributed by atoms with Crippen LogP contribution in [0.15, 0.2) is 42.5 Å². The zero-order valence-corrected chi connectivity index (χ0v) is 22.2. The molecule has 2 aromatic carbocycles. The van der Waals surface area contributed by atoms with Crippen molar-refractivity contribution in [3.63, 3.8) is 0 Å². The van der Waals surface area contributed by atoms with Gasteiger partial charge in [-0.15, -0.1) is 0 Å². The lowest BCUT2D eigenvalue weighted by Crippen LogP contribution is -2.46. The van der Waals surface area contributed by atoms with Crippen LogP contribution in [-0.4, -0.2) is 68.7 Å². The quantitative estimate of drug-likeness (QED) is 0.273. The standard InChI is InChI=1S/C29H40N2O6/c1-35-23-14-11-21(12-15-23)25(32)9-5-4-6-10-28(33)30-24(20-31-17-7-8-18-31)29(34)22-13-16-26(36-2)27(19-22)37-3/h11-16,19,24,29,34H,4-10,17-18,20H2,1-3H3,(H,30,33). The second-order valence-corrected chi connectivity index (χ2v) is 9.45. The largest absolute Gasteiger partial charge is 0.497 e. The number of ether oxygens (including phenoxy) is 3. The Morgan fingerprint density at radius 3 is 2.22 bits per heavy atom. The molecule has 202 valence electrons. The molecule has 8 heteroatoms. The Bertz CT molecular complexity index is 1000. The highest BCUT2D eigenvalue weighted by Crippen LogP contribution is 2.31. The molecule has 2 N–H and O–H groups in total. The van der Waals surface area contributed by atoms with E-state index in [1.54, 1.807) is 63.8 Å². The molecule has 8 nitrogen and oxygen atoms in total. The highest BCUT2D eigenvalue weighted by molar-refractivity contribution is 5.96. The number of unbranched alkanes of at least 4 members (excludes halogenated alkanes) is 2. The van der Waals surface area contributed by atoms with Gasteiger partial charge in [0.1, 0.15) is 11.9 Å². The number of aliphatic hydroxyl groups excluding tert-OH is 1. The third kappa shape index (κ3) is 8.47. The summed E-state index contributed by atoms with van der Waals surface area (Å²) >= 11 is 0. The molecule has 0 radical (unpaired) electrons. The first-order valence-corrected chi connectivity index (χ1v) is 13.0. The Hall–Kier alpha value is -3.10. The van der Waals surface area contributed by atoms with Crippen LogP contribution in [0.2, 0.25) is 0 Å². The van der Waals surface area contributed by atoms with Gasteiger partial charge in [0.25, 0.3) is 0 Å². The van der Waals surface area contributed by atoms with Crippen molar-refractivity contribution >= 4 is 11.7 Å². The molecule has 1 aliphatic heterocycles. The van der Waals surface area contributed by atoms with Gasteiger partial charge in [-0.25, -0.2) is 0 Å². The van der Waals surface area contributed by atoms with Crippen LogP contribution in [0.4, 0.5) is 0 Å².